The van der Waals surface area contributed by atoms with E-state index in [0.717, 1.165) is 12.1 Å². The topological polar surface area (TPSA) is 34.1 Å². The maximum absolute atomic E-state index is 12.4. The van der Waals surface area contributed by atoms with Crippen LogP contribution in [0.2, 0.25) is 0 Å². The summed E-state index contributed by atoms with van der Waals surface area (Å²) in [6, 6.07) is 4.47. The second-order valence-corrected chi connectivity index (χ2v) is 5.45. The second kappa shape index (κ2) is 6.13. The molecule has 0 aliphatic rings. The summed E-state index contributed by atoms with van der Waals surface area (Å²) < 4.78 is 49.1. The molecule has 0 heterocycles. The number of alkyl halides is 3. The normalized spacial score (nSPS) is 13.3. The van der Waals surface area contributed by atoms with Gasteiger partial charge in [0.15, 0.2) is 0 Å². The zero-order valence-corrected chi connectivity index (χ0v) is 10.6. The van der Waals surface area contributed by atoms with E-state index in [1.165, 1.54) is 19.1 Å². The Morgan fingerprint density at radius 3 is 2.56 bits per heavy atom. The van der Waals surface area contributed by atoms with Gasteiger partial charge in [0.25, 0.3) is 0 Å². The highest BCUT2D eigenvalue weighted by Gasteiger charge is 2.30. The van der Waals surface area contributed by atoms with E-state index in [0.29, 0.717) is 12.8 Å². The summed E-state index contributed by atoms with van der Waals surface area (Å²) in [4.78, 5) is 10.8. The molecule has 1 atom stereocenters. The molecule has 1 unspecified atom stereocenters. The van der Waals surface area contributed by atoms with Crippen LogP contribution in [0.5, 0.6) is 0 Å². The molecule has 0 fully saturated rings. The van der Waals surface area contributed by atoms with E-state index in [-0.39, 0.29) is 16.4 Å². The van der Waals surface area contributed by atoms with Gasteiger partial charge in [0, 0.05) is 17.1 Å². The van der Waals surface area contributed by atoms with Gasteiger partial charge in [-0.05, 0) is 31.5 Å². The van der Waals surface area contributed by atoms with Gasteiger partial charge in [0.2, 0.25) is 0 Å². The molecule has 1 rings (SSSR count). The van der Waals surface area contributed by atoms with Gasteiger partial charge < -0.3 is 4.79 Å². The first kappa shape index (κ1) is 14.9. The minimum Gasteiger partial charge on any atom is -0.300 e. The van der Waals surface area contributed by atoms with Gasteiger partial charge >= 0.3 is 6.18 Å². The first-order valence-corrected chi connectivity index (χ1v) is 6.67. The third-order valence-corrected chi connectivity index (χ3v) is 3.72. The van der Waals surface area contributed by atoms with Crippen molar-refractivity contribution in [3.63, 3.8) is 0 Å². The maximum atomic E-state index is 12.4. The van der Waals surface area contributed by atoms with Crippen molar-refractivity contribution in [3.8, 4) is 0 Å². The fraction of sp³-hybridized carbons (Fsp3) is 0.417. The Kier molecular flexibility index (Phi) is 5.07. The van der Waals surface area contributed by atoms with Crippen LogP contribution in [0.3, 0.4) is 0 Å². The summed E-state index contributed by atoms with van der Waals surface area (Å²) in [6.45, 7) is 1.42. The van der Waals surface area contributed by atoms with Crippen LogP contribution < -0.4 is 0 Å². The summed E-state index contributed by atoms with van der Waals surface area (Å²) in [5, 5.41) is 0. The van der Waals surface area contributed by atoms with Crippen molar-refractivity contribution >= 4 is 16.6 Å². The molecule has 6 heteroatoms. The summed E-state index contributed by atoms with van der Waals surface area (Å²) in [5.74, 6) is 0.178. The van der Waals surface area contributed by atoms with Crippen molar-refractivity contribution in [2.75, 3.05) is 5.75 Å². The number of benzene rings is 1. The van der Waals surface area contributed by atoms with Crippen LogP contribution in [0, 0.1) is 0 Å². The van der Waals surface area contributed by atoms with E-state index in [2.05, 4.69) is 0 Å². The number of rotatable bonds is 5. The maximum Gasteiger partial charge on any atom is 0.416 e. The molecule has 100 valence electrons. The van der Waals surface area contributed by atoms with E-state index in [9.17, 15) is 22.2 Å². The van der Waals surface area contributed by atoms with Crippen molar-refractivity contribution in [1.82, 2.24) is 0 Å². The van der Waals surface area contributed by atoms with Crippen molar-refractivity contribution < 1.29 is 22.2 Å². The lowest BCUT2D eigenvalue weighted by Gasteiger charge is -2.08. The lowest BCUT2D eigenvalue weighted by molar-refractivity contribution is -0.137. The first-order chi connectivity index (χ1) is 8.30. The zero-order chi connectivity index (χ0) is 13.8. The minimum absolute atomic E-state index is 0.0176. The molecule has 2 nitrogen and oxygen atoms in total. The van der Waals surface area contributed by atoms with E-state index >= 15 is 0 Å². The third kappa shape index (κ3) is 4.60. The lowest BCUT2D eigenvalue weighted by atomic mass is 10.2. The number of Topliss-reactive ketones (excluding diaryl/α,β-unsaturated/α-hetero) is 1. The van der Waals surface area contributed by atoms with Crippen LogP contribution >= 0.6 is 0 Å². The van der Waals surface area contributed by atoms with Crippen molar-refractivity contribution in [3.05, 3.63) is 29.8 Å². The molecule has 18 heavy (non-hydrogen) atoms. The number of carbonyl (C=O) groups is 1. The first-order valence-electron chi connectivity index (χ1n) is 5.36. The molecule has 0 saturated heterocycles. The average molecular weight is 278 g/mol. The Balaban J connectivity index is 2.72. The molecule has 0 amide bonds. The molecule has 0 N–H and O–H groups in total. The molecule has 1 aromatic carbocycles. The van der Waals surface area contributed by atoms with Gasteiger partial charge in [-0.25, -0.2) is 0 Å². The van der Waals surface area contributed by atoms with Gasteiger partial charge in [-0.1, -0.05) is 6.07 Å². The van der Waals surface area contributed by atoms with Gasteiger partial charge in [-0.2, -0.15) is 13.2 Å². The van der Waals surface area contributed by atoms with Crippen LogP contribution in [0.4, 0.5) is 13.2 Å². The van der Waals surface area contributed by atoms with Crippen LogP contribution in [-0.4, -0.2) is 15.7 Å². The second-order valence-electron chi connectivity index (χ2n) is 3.88. The van der Waals surface area contributed by atoms with E-state index in [4.69, 9.17) is 0 Å². The quantitative estimate of drug-likeness (QED) is 0.829. The molecular formula is C12H13F3O2S. The number of hydrogen-bond acceptors (Lipinski definition) is 2. The Hall–Kier alpha value is -1.17. The average Bonchev–Trinajstić information content (AvgIpc) is 2.27. The van der Waals surface area contributed by atoms with Crippen LogP contribution in [0.1, 0.15) is 25.3 Å². The number of ketones is 1. The van der Waals surface area contributed by atoms with Crippen LogP contribution in [-0.2, 0) is 21.8 Å². The molecule has 0 aliphatic heterocycles. The predicted octanol–water partition coefficient (Wildman–Crippen LogP) is 3.18. The minimum atomic E-state index is -4.43. The highest BCUT2D eigenvalue weighted by atomic mass is 32.2. The number of halogens is 3. The molecule has 1 aromatic rings. The molecule has 0 saturated carbocycles. The summed E-state index contributed by atoms with van der Waals surface area (Å²) in [5.41, 5.74) is -0.806. The molecule has 0 bridgehead atoms. The van der Waals surface area contributed by atoms with Crippen molar-refractivity contribution in [2.24, 2.45) is 0 Å². The van der Waals surface area contributed by atoms with E-state index in [1.807, 2.05) is 0 Å². The molecule has 0 spiro atoms. The highest BCUT2D eigenvalue weighted by Crippen LogP contribution is 2.30. The van der Waals surface area contributed by atoms with Crippen molar-refractivity contribution in [2.45, 2.75) is 30.8 Å². The Morgan fingerprint density at radius 1 is 1.33 bits per heavy atom. The highest BCUT2D eigenvalue weighted by molar-refractivity contribution is 7.85. The number of hydrogen-bond donors (Lipinski definition) is 0. The Bertz CT molecular complexity index is 455. The van der Waals surface area contributed by atoms with Gasteiger partial charge in [0.1, 0.15) is 5.78 Å². The SMILES string of the molecule is CC(=O)CCCS(=O)c1cccc(C(F)(F)F)c1. The van der Waals surface area contributed by atoms with Crippen LogP contribution in [0.25, 0.3) is 0 Å². The van der Waals surface area contributed by atoms with Gasteiger partial charge in [0.05, 0.1) is 16.4 Å². The Labute approximate surface area is 106 Å². The van der Waals surface area contributed by atoms with Gasteiger partial charge in [-0.15, -0.1) is 0 Å². The molecule has 0 radical (unpaired) electrons. The van der Waals surface area contributed by atoms with E-state index < -0.39 is 22.5 Å². The third-order valence-electron chi connectivity index (χ3n) is 2.28. The fourth-order valence-corrected chi connectivity index (χ4v) is 2.52. The number of carbonyl (C=O) groups excluding carboxylic acids is 1. The monoisotopic (exact) mass is 278 g/mol. The predicted molar refractivity (Wildman–Crippen MR) is 62.6 cm³/mol. The van der Waals surface area contributed by atoms with Gasteiger partial charge in [-0.3, -0.25) is 4.21 Å². The smallest absolute Gasteiger partial charge is 0.300 e. The summed E-state index contributed by atoms with van der Waals surface area (Å²) in [6.07, 6.45) is -3.72. The standard InChI is InChI=1S/C12H13F3O2S/c1-9(16)4-3-7-18(17)11-6-2-5-10(8-11)12(13,14)15/h2,5-6,8H,3-4,7H2,1H3. The van der Waals surface area contributed by atoms with Crippen LogP contribution in [0.15, 0.2) is 29.2 Å². The summed E-state index contributed by atoms with van der Waals surface area (Å²) >= 11 is 0. The van der Waals surface area contributed by atoms with Crippen molar-refractivity contribution in [1.29, 1.82) is 0 Å². The molecular weight excluding hydrogens is 265 g/mol. The Morgan fingerprint density at radius 2 is 2.00 bits per heavy atom. The zero-order valence-electron chi connectivity index (χ0n) is 9.79. The molecule has 0 aromatic heterocycles. The molecule has 0 aliphatic carbocycles. The summed E-state index contributed by atoms with van der Waals surface area (Å²) in [7, 11) is -1.50. The fourth-order valence-electron chi connectivity index (χ4n) is 1.38. The lowest BCUT2D eigenvalue weighted by Crippen LogP contribution is -2.07. The largest absolute Gasteiger partial charge is 0.416 e. The van der Waals surface area contributed by atoms with E-state index in [1.54, 1.807) is 0 Å².